The lowest BCUT2D eigenvalue weighted by atomic mass is 10.3. The van der Waals surface area contributed by atoms with E-state index in [2.05, 4.69) is 20.9 Å². The van der Waals surface area contributed by atoms with Gasteiger partial charge < -0.3 is 4.74 Å². The molecule has 5 heteroatoms. The number of aromatic nitrogens is 1. The molecule has 0 N–H and O–H groups in total. The number of hydrogen-bond acceptors (Lipinski definition) is 2. The Morgan fingerprint density at radius 2 is 2.12 bits per heavy atom. The van der Waals surface area contributed by atoms with Crippen molar-refractivity contribution in [1.82, 2.24) is 4.98 Å². The minimum Gasteiger partial charge on any atom is -0.452 e. The van der Waals surface area contributed by atoms with Gasteiger partial charge in [-0.1, -0.05) is 15.9 Å². The maximum Gasteiger partial charge on any atom is 0.166 e. The molecule has 0 unspecified atom stereocenters. The molecule has 2 aromatic rings. The molecule has 1 aromatic heterocycles. The van der Waals surface area contributed by atoms with Gasteiger partial charge in [0.05, 0.1) is 12.1 Å². The van der Waals surface area contributed by atoms with E-state index in [1.54, 1.807) is 24.4 Å². The standard InChI is InChI=1S/C12H8BrClFNO/c13-9-1-2-11(10(15)5-9)17-12-7-16-4-3-8(12)6-14/h1-5,7H,6H2. The van der Waals surface area contributed by atoms with Crippen LogP contribution in [0.15, 0.2) is 41.1 Å². The largest absolute Gasteiger partial charge is 0.452 e. The molecule has 0 amide bonds. The van der Waals surface area contributed by atoms with Crippen LogP contribution in [0.5, 0.6) is 11.5 Å². The zero-order valence-electron chi connectivity index (χ0n) is 8.66. The van der Waals surface area contributed by atoms with Gasteiger partial charge in [-0.15, -0.1) is 11.6 Å². The Morgan fingerprint density at radius 1 is 1.29 bits per heavy atom. The van der Waals surface area contributed by atoms with Gasteiger partial charge in [0, 0.05) is 16.2 Å². The van der Waals surface area contributed by atoms with E-state index < -0.39 is 5.82 Å². The highest BCUT2D eigenvalue weighted by molar-refractivity contribution is 9.10. The van der Waals surface area contributed by atoms with Crippen LogP contribution in [0, 0.1) is 5.82 Å². The first-order valence-electron chi connectivity index (χ1n) is 4.82. The smallest absolute Gasteiger partial charge is 0.166 e. The molecule has 88 valence electrons. The maximum absolute atomic E-state index is 13.6. The summed E-state index contributed by atoms with van der Waals surface area (Å²) in [6, 6.07) is 6.32. The molecule has 0 spiro atoms. The van der Waals surface area contributed by atoms with Crippen molar-refractivity contribution < 1.29 is 9.13 Å². The van der Waals surface area contributed by atoms with Crippen LogP contribution in [0.25, 0.3) is 0 Å². The Morgan fingerprint density at radius 3 is 2.82 bits per heavy atom. The molecule has 0 radical (unpaired) electrons. The van der Waals surface area contributed by atoms with E-state index in [9.17, 15) is 4.39 Å². The SMILES string of the molecule is Fc1cc(Br)ccc1Oc1cnccc1CCl. The molecule has 1 aromatic carbocycles. The lowest BCUT2D eigenvalue weighted by Gasteiger charge is -2.09. The Balaban J connectivity index is 2.31. The lowest BCUT2D eigenvalue weighted by molar-refractivity contribution is 0.437. The van der Waals surface area contributed by atoms with Gasteiger partial charge in [0.1, 0.15) is 5.75 Å². The van der Waals surface area contributed by atoms with Crippen molar-refractivity contribution in [3.8, 4) is 11.5 Å². The summed E-state index contributed by atoms with van der Waals surface area (Å²) in [5.41, 5.74) is 0.768. The van der Waals surface area contributed by atoms with Crippen molar-refractivity contribution in [1.29, 1.82) is 0 Å². The zero-order chi connectivity index (χ0) is 12.3. The van der Waals surface area contributed by atoms with Gasteiger partial charge in [0.15, 0.2) is 11.6 Å². The zero-order valence-corrected chi connectivity index (χ0v) is 11.0. The average molecular weight is 317 g/mol. The van der Waals surface area contributed by atoms with E-state index in [4.69, 9.17) is 16.3 Å². The second kappa shape index (κ2) is 5.47. The Bertz CT molecular complexity index is 536. The minimum atomic E-state index is -0.441. The summed E-state index contributed by atoms with van der Waals surface area (Å²) in [6.45, 7) is 0. The van der Waals surface area contributed by atoms with E-state index >= 15 is 0 Å². The molecular formula is C12H8BrClFNO. The Hall–Kier alpha value is -1.13. The quantitative estimate of drug-likeness (QED) is 0.777. The molecule has 2 nitrogen and oxygen atoms in total. The van der Waals surface area contributed by atoms with Gasteiger partial charge in [-0.3, -0.25) is 4.98 Å². The van der Waals surface area contributed by atoms with Gasteiger partial charge in [-0.25, -0.2) is 4.39 Å². The number of alkyl halides is 1. The summed E-state index contributed by atoms with van der Waals surface area (Å²) < 4.78 is 19.7. The molecule has 0 saturated carbocycles. The van der Waals surface area contributed by atoms with E-state index in [-0.39, 0.29) is 11.6 Å². The van der Waals surface area contributed by atoms with Gasteiger partial charge >= 0.3 is 0 Å². The maximum atomic E-state index is 13.6. The van der Waals surface area contributed by atoms with Gasteiger partial charge in [-0.2, -0.15) is 0 Å². The Kier molecular flexibility index (Phi) is 3.97. The first kappa shape index (κ1) is 12.3. The number of hydrogen-bond donors (Lipinski definition) is 0. The summed E-state index contributed by atoms with van der Waals surface area (Å²) in [7, 11) is 0. The molecule has 1 heterocycles. The number of rotatable bonds is 3. The van der Waals surface area contributed by atoms with Crippen LogP contribution < -0.4 is 4.74 Å². The van der Waals surface area contributed by atoms with E-state index in [0.29, 0.717) is 10.2 Å². The highest BCUT2D eigenvalue weighted by atomic mass is 79.9. The second-order valence-electron chi connectivity index (χ2n) is 3.29. The predicted octanol–water partition coefficient (Wildman–Crippen LogP) is 4.51. The number of pyridine rings is 1. The van der Waals surface area contributed by atoms with Crippen molar-refractivity contribution in [2.24, 2.45) is 0 Å². The fourth-order valence-corrected chi connectivity index (χ4v) is 1.84. The Labute approximate surface area is 112 Å². The highest BCUT2D eigenvalue weighted by Gasteiger charge is 2.08. The topological polar surface area (TPSA) is 22.1 Å². The van der Waals surface area contributed by atoms with Crippen LogP contribution in [0.2, 0.25) is 0 Å². The third-order valence-corrected chi connectivity index (χ3v) is 2.91. The van der Waals surface area contributed by atoms with Gasteiger partial charge in [-0.05, 0) is 24.3 Å². The van der Waals surface area contributed by atoms with Crippen LogP contribution in [0.4, 0.5) is 4.39 Å². The third kappa shape index (κ3) is 2.96. The molecule has 0 fully saturated rings. The molecule has 0 aliphatic carbocycles. The molecule has 17 heavy (non-hydrogen) atoms. The first-order chi connectivity index (χ1) is 8.20. The summed E-state index contributed by atoms with van der Waals surface area (Å²) in [5, 5.41) is 0. The second-order valence-corrected chi connectivity index (χ2v) is 4.48. The predicted molar refractivity (Wildman–Crippen MR) is 68.0 cm³/mol. The summed E-state index contributed by atoms with van der Waals surface area (Å²) in [6.07, 6.45) is 3.13. The minimum absolute atomic E-state index is 0.146. The van der Waals surface area contributed by atoms with E-state index in [1.165, 1.54) is 12.3 Å². The summed E-state index contributed by atoms with van der Waals surface area (Å²) in [4.78, 5) is 3.92. The molecule has 0 saturated heterocycles. The van der Waals surface area contributed by atoms with Gasteiger partial charge in [0.25, 0.3) is 0 Å². The fourth-order valence-electron chi connectivity index (χ4n) is 1.29. The van der Waals surface area contributed by atoms with Crippen molar-refractivity contribution in [3.63, 3.8) is 0 Å². The summed E-state index contributed by atoms with van der Waals surface area (Å²) in [5.74, 6) is 0.454. The summed E-state index contributed by atoms with van der Waals surface area (Å²) >= 11 is 8.94. The van der Waals surface area contributed by atoms with Crippen LogP contribution in [-0.2, 0) is 5.88 Å². The number of halogens is 3. The monoisotopic (exact) mass is 315 g/mol. The molecule has 2 rings (SSSR count). The van der Waals surface area contributed by atoms with Gasteiger partial charge in [0.2, 0.25) is 0 Å². The fraction of sp³-hybridized carbons (Fsp3) is 0.0833. The van der Waals surface area contributed by atoms with Crippen LogP contribution >= 0.6 is 27.5 Å². The van der Waals surface area contributed by atoms with Crippen molar-refractivity contribution in [2.75, 3.05) is 0 Å². The van der Waals surface area contributed by atoms with Crippen LogP contribution in [0.3, 0.4) is 0 Å². The number of ether oxygens (including phenoxy) is 1. The van der Waals surface area contributed by atoms with E-state index in [1.807, 2.05) is 0 Å². The number of benzene rings is 1. The van der Waals surface area contributed by atoms with Crippen molar-refractivity contribution in [2.45, 2.75) is 5.88 Å². The van der Waals surface area contributed by atoms with Crippen LogP contribution in [0.1, 0.15) is 5.56 Å². The normalized spacial score (nSPS) is 10.3. The molecule has 0 atom stereocenters. The average Bonchev–Trinajstić information content (AvgIpc) is 2.33. The van der Waals surface area contributed by atoms with Crippen molar-refractivity contribution >= 4 is 27.5 Å². The third-order valence-electron chi connectivity index (χ3n) is 2.13. The first-order valence-corrected chi connectivity index (χ1v) is 6.15. The highest BCUT2D eigenvalue weighted by Crippen LogP contribution is 2.29. The molecule has 0 aliphatic rings. The van der Waals surface area contributed by atoms with E-state index in [0.717, 1.165) is 5.56 Å². The molecule has 0 bridgehead atoms. The van der Waals surface area contributed by atoms with Crippen molar-refractivity contribution in [3.05, 3.63) is 52.5 Å². The number of nitrogens with zero attached hydrogens (tertiary/aromatic N) is 1. The lowest BCUT2D eigenvalue weighted by Crippen LogP contribution is -1.92. The molecule has 0 aliphatic heterocycles. The van der Waals surface area contributed by atoms with Crippen LogP contribution in [-0.4, -0.2) is 4.98 Å². The molecular weight excluding hydrogens is 308 g/mol.